The molecule has 0 saturated heterocycles. The molecule has 4 nitrogen and oxygen atoms in total. The highest BCUT2D eigenvalue weighted by molar-refractivity contribution is 6.30. The molecule has 0 aliphatic carbocycles. The summed E-state index contributed by atoms with van der Waals surface area (Å²) in [4.78, 5) is 2.64. The van der Waals surface area contributed by atoms with Crippen LogP contribution in [0, 0.1) is 0 Å². The van der Waals surface area contributed by atoms with Gasteiger partial charge in [-0.15, -0.1) is 0 Å². The van der Waals surface area contributed by atoms with Crippen LogP contribution in [0.25, 0.3) is 10.4 Å². The SMILES string of the molecule is [N-]=[N+]=NC(CO)c1ccc(Cl)cc1. The van der Waals surface area contributed by atoms with Crippen LogP contribution in [0.1, 0.15) is 11.6 Å². The van der Waals surface area contributed by atoms with Gasteiger partial charge in [0.2, 0.25) is 0 Å². The van der Waals surface area contributed by atoms with Crippen molar-refractivity contribution in [3.8, 4) is 0 Å². The van der Waals surface area contributed by atoms with Crippen molar-refractivity contribution in [2.45, 2.75) is 6.04 Å². The number of nitrogens with zero attached hydrogens (tertiary/aromatic N) is 3. The second-order valence-electron chi connectivity index (χ2n) is 2.45. The average molecular weight is 198 g/mol. The fourth-order valence-electron chi connectivity index (χ4n) is 0.956. The third-order valence-corrected chi connectivity index (χ3v) is 1.87. The van der Waals surface area contributed by atoms with E-state index in [1.807, 2.05) is 0 Å². The van der Waals surface area contributed by atoms with Crippen molar-refractivity contribution in [2.24, 2.45) is 5.11 Å². The van der Waals surface area contributed by atoms with E-state index in [9.17, 15) is 0 Å². The molecule has 0 saturated carbocycles. The summed E-state index contributed by atoms with van der Waals surface area (Å²) in [6, 6.07) is 6.29. The number of rotatable bonds is 3. The van der Waals surface area contributed by atoms with E-state index in [4.69, 9.17) is 22.2 Å². The Kier molecular flexibility index (Phi) is 3.58. The normalized spacial score (nSPS) is 11.8. The molecule has 1 unspecified atom stereocenters. The zero-order valence-electron chi connectivity index (χ0n) is 6.76. The highest BCUT2D eigenvalue weighted by atomic mass is 35.5. The fraction of sp³-hybridized carbons (Fsp3) is 0.250. The van der Waals surface area contributed by atoms with Gasteiger partial charge in [-0.1, -0.05) is 28.8 Å². The number of hydrogen-bond acceptors (Lipinski definition) is 2. The highest BCUT2D eigenvalue weighted by Crippen LogP contribution is 2.19. The van der Waals surface area contributed by atoms with Gasteiger partial charge in [0.05, 0.1) is 12.6 Å². The maximum atomic E-state index is 8.88. The standard InChI is InChI=1S/C8H8ClN3O/c9-7-3-1-6(2-4-7)8(5-13)11-12-10/h1-4,8,13H,5H2. The fourth-order valence-corrected chi connectivity index (χ4v) is 1.08. The van der Waals surface area contributed by atoms with Gasteiger partial charge in [0, 0.05) is 9.93 Å². The molecule has 1 rings (SSSR count). The lowest BCUT2D eigenvalue weighted by Gasteiger charge is -2.06. The average Bonchev–Trinajstić information content (AvgIpc) is 2.16. The molecule has 0 aromatic heterocycles. The van der Waals surface area contributed by atoms with Crippen LogP contribution in [-0.2, 0) is 0 Å². The summed E-state index contributed by atoms with van der Waals surface area (Å²) in [5.74, 6) is 0. The van der Waals surface area contributed by atoms with Crippen LogP contribution in [0.4, 0.5) is 0 Å². The molecule has 68 valence electrons. The quantitative estimate of drug-likeness (QED) is 0.452. The van der Waals surface area contributed by atoms with E-state index < -0.39 is 6.04 Å². The molecule has 1 atom stereocenters. The molecule has 0 aliphatic rings. The van der Waals surface area contributed by atoms with E-state index >= 15 is 0 Å². The lowest BCUT2D eigenvalue weighted by molar-refractivity contribution is 0.268. The smallest absolute Gasteiger partial charge is 0.0856 e. The van der Waals surface area contributed by atoms with E-state index in [-0.39, 0.29) is 6.61 Å². The van der Waals surface area contributed by atoms with E-state index in [2.05, 4.69) is 10.0 Å². The molecule has 0 amide bonds. The number of azide groups is 1. The molecular weight excluding hydrogens is 190 g/mol. The predicted molar refractivity (Wildman–Crippen MR) is 50.4 cm³/mol. The van der Waals surface area contributed by atoms with Crippen LogP contribution in [0.5, 0.6) is 0 Å². The van der Waals surface area contributed by atoms with Crippen molar-refractivity contribution in [1.29, 1.82) is 0 Å². The summed E-state index contributed by atoms with van der Waals surface area (Å²) in [7, 11) is 0. The minimum Gasteiger partial charge on any atom is -0.396 e. The molecule has 0 heterocycles. The van der Waals surface area contributed by atoms with Crippen molar-refractivity contribution in [2.75, 3.05) is 6.61 Å². The summed E-state index contributed by atoms with van der Waals surface area (Å²) in [5.41, 5.74) is 8.96. The molecule has 1 aromatic carbocycles. The van der Waals surface area contributed by atoms with Crippen LogP contribution >= 0.6 is 11.6 Å². The summed E-state index contributed by atoms with van der Waals surface area (Å²) in [6.07, 6.45) is 0. The first-order chi connectivity index (χ1) is 6.27. The molecule has 5 heteroatoms. The molecule has 1 N–H and O–H groups in total. The maximum Gasteiger partial charge on any atom is 0.0856 e. The minimum atomic E-state index is -0.526. The molecule has 0 radical (unpaired) electrons. The number of hydrogen-bond donors (Lipinski definition) is 1. The Morgan fingerprint density at radius 1 is 1.46 bits per heavy atom. The molecule has 13 heavy (non-hydrogen) atoms. The molecule has 0 spiro atoms. The Bertz CT molecular complexity index is 319. The van der Waals surface area contributed by atoms with E-state index in [0.29, 0.717) is 5.02 Å². The monoisotopic (exact) mass is 197 g/mol. The number of aliphatic hydroxyl groups excluding tert-OH is 1. The second-order valence-corrected chi connectivity index (χ2v) is 2.89. The van der Waals surface area contributed by atoms with Crippen LogP contribution in [0.3, 0.4) is 0 Å². The van der Waals surface area contributed by atoms with Gasteiger partial charge in [0.1, 0.15) is 0 Å². The summed E-state index contributed by atoms with van der Waals surface area (Å²) >= 11 is 5.67. The van der Waals surface area contributed by atoms with Crippen molar-refractivity contribution in [1.82, 2.24) is 0 Å². The largest absolute Gasteiger partial charge is 0.396 e. The van der Waals surface area contributed by atoms with Crippen molar-refractivity contribution < 1.29 is 5.11 Å². The third kappa shape index (κ3) is 2.63. The Morgan fingerprint density at radius 2 is 2.08 bits per heavy atom. The summed E-state index contributed by atoms with van der Waals surface area (Å²) < 4.78 is 0. The van der Waals surface area contributed by atoms with Gasteiger partial charge in [-0.3, -0.25) is 0 Å². The predicted octanol–water partition coefficient (Wildman–Crippen LogP) is 2.68. The molecule has 0 bridgehead atoms. The van der Waals surface area contributed by atoms with Gasteiger partial charge in [-0.05, 0) is 23.2 Å². The van der Waals surface area contributed by atoms with Gasteiger partial charge < -0.3 is 5.11 Å². The Balaban J connectivity index is 2.91. The first-order valence-electron chi connectivity index (χ1n) is 3.68. The lowest BCUT2D eigenvalue weighted by atomic mass is 10.1. The number of benzene rings is 1. The van der Waals surface area contributed by atoms with Crippen LogP contribution in [0.2, 0.25) is 5.02 Å². The number of halogens is 1. The first-order valence-corrected chi connectivity index (χ1v) is 4.06. The van der Waals surface area contributed by atoms with Gasteiger partial charge in [-0.2, -0.15) is 0 Å². The van der Waals surface area contributed by atoms with Crippen LogP contribution < -0.4 is 0 Å². The van der Waals surface area contributed by atoms with E-state index in [1.165, 1.54) is 0 Å². The van der Waals surface area contributed by atoms with Gasteiger partial charge >= 0.3 is 0 Å². The summed E-state index contributed by atoms with van der Waals surface area (Å²) in [6.45, 7) is -0.203. The van der Waals surface area contributed by atoms with Crippen LogP contribution in [0.15, 0.2) is 29.4 Å². The molecule has 1 aromatic rings. The van der Waals surface area contributed by atoms with Gasteiger partial charge in [-0.25, -0.2) is 0 Å². The Labute approximate surface area is 80.4 Å². The second kappa shape index (κ2) is 4.72. The minimum absolute atomic E-state index is 0.203. The molecular formula is C8H8ClN3O. The van der Waals surface area contributed by atoms with Crippen molar-refractivity contribution >= 4 is 11.6 Å². The first kappa shape index (κ1) is 9.86. The van der Waals surface area contributed by atoms with E-state index in [1.54, 1.807) is 24.3 Å². The Hall–Kier alpha value is -1.22. The van der Waals surface area contributed by atoms with Crippen LogP contribution in [-0.4, -0.2) is 11.7 Å². The Morgan fingerprint density at radius 3 is 2.54 bits per heavy atom. The topological polar surface area (TPSA) is 69.0 Å². The molecule has 0 fully saturated rings. The zero-order chi connectivity index (χ0) is 9.68. The summed E-state index contributed by atoms with van der Waals surface area (Å²) in [5, 5.41) is 12.9. The maximum absolute atomic E-state index is 8.88. The third-order valence-electron chi connectivity index (χ3n) is 1.62. The van der Waals surface area contributed by atoms with Gasteiger partial charge in [0.25, 0.3) is 0 Å². The molecule has 0 aliphatic heterocycles. The number of aliphatic hydroxyl groups is 1. The van der Waals surface area contributed by atoms with Crippen molar-refractivity contribution in [3.05, 3.63) is 45.3 Å². The zero-order valence-corrected chi connectivity index (χ0v) is 7.52. The lowest BCUT2D eigenvalue weighted by Crippen LogP contribution is -1.99. The van der Waals surface area contributed by atoms with E-state index in [0.717, 1.165) is 5.56 Å². The highest BCUT2D eigenvalue weighted by Gasteiger charge is 2.06. The van der Waals surface area contributed by atoms with Crippen molar-refractivity contribution in [3.63, 3.8) is 0 Å². The van der Waals surface area contributed by atoms with Gasteiger partial charge in [0.15, 0.2) is 0 Å².